The van der Waals surface area contributed by atoms with E-state index in [0.29, 0.717) is 17.4 Å². The van der Waals surface area contributed by atoms with Crippen molar-refractivity contribution in [3.63, 3.8) is 0 Å². The molecule has 0 bridgehead atoms. The molecular formula is C14H21N5OS. The van der Waals surface area contributed by atoms with Gasteiger partial charge in [-0.3, -0.25) is 0 Å². The predicted molar refractivity (Wildman–Crippen MR) is 86.1 cm³/mol. The van der Waals surface area contributed by atoms with Gasteiger partial charge in [0.05, 0.1) is 12.6 Å². The van der Waals surface area contributed by atoms with Gasteiger partial charge in [0.2, 0.25) is 5.75 Å². The number of nitrogens with one attached hydrogen (secondary N) is 2. The predicted octanol–water partition coefficient (Wildman–Crippen LogP) is 3.11. The van der Waals surface area contributed by atoms with Crippen molar-refractivity contribution >= 4 is 23.0 Å². The van der Waals surface area contributed by atoms with Crippen molar-refractivity contribution in [2.75, 3.05) is 24.3 Å². The van der Waals surface area contributed by atoms with E-state index in [1.807, 2.05) is 5.38 Å². The number of thiazole rings is 1. The molecule has 2 aromatic rings. The molecule has 0 aromatic carbocycles. The molecule has 0 aliphatic heterocycles. The maximum Gasteiger partial charge on any atom is 0.204 e. The average Bonchev–Trinajstić information content (AvgIpc) is 3.00. The molecule has 2 N–H and O–H groups in total. The average molecular weight is 307 g/mol. The summed E-state index contributed by atoms with van der Waals surface area (Å²) in [5, 5.41) is 9.59. The third kappa shape index (κ3) is 3.60. The van der Waals surface area contributed by atoms with Crippen LogP contribution in [0.15, 0.2) is 17.9 Å². The van der Waals surface area contributed by atoms with Gasteiger partial charge in [-0.2, -0.15) is 0 Å². The molecule has 0 spiro atoms. The number of nitrogens with zero attached hydrogens (tertiary/aromatic N) is 3. The van der Waals surface area contributed by atoms with E-state index in [0.717, 1.165) is 18.0 Å². The number of ether oxygens (including phenoxy) is 1. The van der Waals surface area contributed by atoms with Gasteiger partial charge in [0.25, 0.3) is 0 Å². The van der Waals surface area contributed by atoms with Gasteiger partial charge in [-0.25, -0.2) is 15.0 Å². The summed E-state index contributed by atoms with van der Waals surface area (Å²) in [5.74, 6) is 1.98. The van der Waals surface area contributed by atoms with Gasteiger partial charge in [-0.15, -0.1) is 11.3 Å². The molecule has 0 saturated heterocycles. The molecular weight excluding hydrogens is 286 g/mol. The molecule has 2 heterocycles. The molecule has 0 radical (unpaired) electrons. The molecule has 0 amide bonds. The van der Waals surface area contributed by atoms with Crippen molar-refractivity contribution < 1.29 is 4.74 Å². The highest BCUT2D eigenvalue weighted by Crippen LogP contribution is 2.34. The van der Waals surface area contributed by atoms with Crippen LogP contribution >= 0.6 is 11.3 Å². The van der Waals surface area contributed by atoms with Crippen LogP contribution in [0.4, 0.5) is 11.6 Å². The molecule has 0 atom stereocenters. The lowest BCUT2D eigenvalue weighted by molar-refractivity contribution is 0.412. The largest absolute Gasteiger partial charge is 0.490 e. The Morgan fingerprint density at radius 1 is 1.24 bits per heavy atom. The van der Waals surface area contributed by atoms with Gasteiger partial charge in [0.15, 0.2) is 11.6 Å². The summed E-state index contributed by atoms with van der Waals surface area (Å²) in [7, 11) is 1.62. The summed E-state index contributed by atoms with van der Waals surface area (Å²) < 4.78 is 5.47. The lowest BCUT2D eigenvalue weighted by Gasteiger charge is -2.25. The quantitative estimate of drug-likeness (QED) is 0.819. The highest BCUT2D eigenvalue weighted by Gasteiger charge is 2.26. The van der Waals surface area contributed by atoms with Crippen LogP contribution in [-0.4, -0.2) is 28.6 Å². The van der Waals surface area contributed by atoms with Gasteiger partial charge in [0.1, 0.15) is 11.3 Å². The minimum Gasteiger partial charge on any atom is -0.490 e. The highest BCUT2D eigenvalue weighted by atomic mass is 32.1. The van der Waals surface area contributed by atoms with Crippen molar-refractivity contribution in [2.24, 2.45) is 0 Å². The summed E-state index contributed by atoms with van der Waals surface area (Å²) in [6.07, 6.45) is 4.34. The Kier molecular flexibility index (Phi) is 4.95. The molecule has 7 heteroatoms. The van der Waals surface area contributed by atoms with E-state index >= 15 is 0 Å². The van der Waals surface area contributed by atoms with Gasteiger partial charge in [-0.05, 0) is 20.3 Å². The van der Waals surface area contributed by atoms with Gasteiger partial charge in [-0.1, -0.05) is 6.92 Å². The Hall–Kier alpha value is -1.89. The maximum atomic E-state index is 5.47. The van der Waals surface area contributed by atoms with Gasteiger partial charge >= 0.3 is 0 Å². The first-order valence-electron chi connectivity index (χ1n) is 6.89. The molecule has 6 nitrogen and oxygen atoms in total. The number of aromatic nitrogens is 3. The van der Waals surface area contributed by atoms with Crippen LogP contribution < -0.4 is 15.4 Å². The molecule has 0 unspecified atom stereocenters. The first-order valence-corrected chi connectivity index (χ1v) is 7.77. The third-order valence-electron chi connectivity index (χ3n) is 2.95. The highest BCUT2D eigenvalue weighted by molar-refractivity contribution is 7.09. The summed E-state index contributed by atoms with van der Waals surface area (Å²) >= 11 is 1.61. The number of hydrogen-bond donors (Lipinski definition) is 2. The van der Waals surface area contributed by atoms with E-state index in [2.05, 4.69) is 46.4 Å². The van der Waals surface area contributed by atoms with Crippen molar-refractivity contribution in [1.82, 2.24) is 15.0 Å². The summed E-state index contributed by atoms with van der Waals surface area (Å²) in [6.45, 7) is 7.06. The summed E-state index contributed by atoms with van der Waals surface area (Å²) in [6, 6.07) is 0. The Morgan fingerprint density at radius 2 is 2.00 bits per heavy atom. The fourth-order valence-electron chi connectivity index (χ4n) is 1.91. The van der Waals surface area contributed by atoms with Crippen molar-refractivity contribution in [3.05, 3.63) is 22.9 Å². The minimum atomic E-state index is -0.335. The Bertz CT molecular complexity index is 571. The molecule has 0 saturated carbocycles. The minimum absolute atomic E-state index is 0.335. The molecule has 114 valence electrons. The lowest BCUT2D eigenvalue weighted by Crippen LogP contribution is -2.28. The second-order valence-corrected chi connectivity index (χ2v) is 6.01. The summed E-state index contributed by atoms with van der Waals surface area (Å²) in [4.78, 5) is 12.9. The SMILES string of the molecule is CCCNc1ncnc(NC(C)(C)c2nccs2)c1OC. The fraction of sp³-hybridized carbons (Fsp3) is 0.500. The lowest BCUT2D eigenvalue weighted by atomic mass is 10.1. The van der Waals surface area contributed by atoms with E-state index in [9.17, 15) is 0 Å². The van der Waals surface area contributed by atoms with Gasteiger partial charge < -0.3 is 15.4 Å². The van der Waals surface area contributed by atoms with Crippen molar-refractivity contribution in [1.29, 1.82) is 0 Å². The first-order chi connectivity index (χ1) is 10.1. The normalized spacial score (nSPS) is 11.2. The van der Waals surface area contributed by atoms with E-state index in [1.54, 1.807) is 24.6 Å². The monoisotopic (exact) mass is 307 g/mol. The van der Waals surface area contributed by atoms with Crippen LogP contribution in [0, 0.1) is 0 Å². The van der Waals surface area contributed by atoms with Gasteiger partial charge in [0, 0.05) is 18.1 Å². The Morgan fingerprint density at radius 3 is 2.62 bits per heavy atom. The topological polar surface area (TPSA) is 72.0 Å². The second-order valence-electron chi connectivity index (χ2n) is 5.12. The van der Waals surface area contributed by atoms with Crippen molar-refractivity contribution in [3.8, 4) is 5.75 Å². The van der Waals surface area contributed by atoms with Crippen LogP contribution in [0.2, 0.25) is 0 Å². The van der Waals surface area contributed by atoms with E-state index in [4.69, 9.17) is 4.74 Å². The second kappa shape index (κ2) is 6.71. The van der Waals surface area contributed by atoms with Crippen LogP contribution in [0.1, 0.15) is 32.2 Å². The molecule has 0 aliphatic rings. The van der Waals surface area contributed by atoms with Crippen LogP contribution in [0.3, 0.4) is 0 Å². The zero-order chi connectivity index (χ0) is 15.3. The number of anilines is 2. The van der Waals surface area contributed by atoms with E-state index in [-0.39, 0.29) is 5.54 Å². The molecule has 0 fully saturated rings. The smallest absolute Gasteiger partial charge is 0.204 e. The zero-order valence-corrected chi connectivity index (χ0v) is 13.6. The van der Waals surface area contributed by atoms with E-state index in [1.165, 1.54) is 6.33 Å². The van der Waals surface area contributed by atoms with Crippen LogP contribution in [0.25, 0.3) is 0 Å². The Balaban J connectivity index is 2.27. The van der Waals surface area contributed by atoms with Crippen molar-refractivity contribution in [2.45, 2.75) is 32.7 Å². The number of rotatable bonds is 7. The molecule has 0 aliphatic carbocycles. The zero-order valence-electron chi connectivity index (χ0n) is 12.8. The third-order valence-corrected chi connectivity index (χ3v) is 4.05. The molecule has 2 rings (SSSR count). The van der Waals surface area contributed by atoms with Crippen LogP contribution in [-0.2, 0) is 5.54 Å². The molecule has 21 heavy (non-hydrogen) atoms. The molecule has 2 aromatic heterocycles. The standard InChI is InChI=1S/C14H21N5OS/c1-5-6-15-11-10(20-4)12(18-9-17-11)19-14(2,3)13-16-7-8-21-13/h7-9H,5-6H2,1-4H3,(H2,15,17,18,19). The van der Waals surface area contributed by atoms with Crippen LogP contribution in [0.5, 0.6) is 5.75 Å². The number of methoxy groups -OCH3 is 1. The Labute approximate surface area is 129 Å². The van der Waals surface area contributed by atoms with E-state index < -0.39 is 0 Å². The fourth-order valence-corrected chi connectivity index (χ4v) is 2.63. The number of hydrogen-bond acceptors (Lipinski definition) is 7. The summed E-state index contributed by atoms with van der Waals surface area (Å²) in [5.41, 5.74) is -0.335. The maximum absolute atomic E-state index is 5.47. The first kappa shape index (κ1) is 15.5.